The molecule has 0 bridgehead atoms. The largest absolute Gasteiger partial charge is 0.311 e. The predicted octanol–water partition coefficient (Wildman–Crippen LogP) is -0.808. The van der Waals surface area contributed by atoms with Gasteiger partial charge in [-0.25, -0.2) is 13.4 Å². The van der Waals surface area contributed by atoms with Crippen molar-refractivity contribution in [1.82, 2.24) is 15.3 Å². The summed E-state index contributed by atoms with van der Waals surface area (Å²) >= 11 is 0. The van der Waals surface area contributed by atoms with Gasteiger partial charge in [0, 0.05) is 31.4 Å². The summed E-state index contributed by atoms with van der Waals surface area (Å²) in [7, 11) is -3.02. The van der Waals surface area contributed by atoms with Gasteiger partial charge in [-0.05, 0) is 0 Å². The molecule has 7 nitrogen and oxygen atoms in total. The Kier molecular flexibility index (Phi) is 3.87. The molecule has 0 aliphatic carbocycles. The maximum atomic E-state index is 11.7. The van der Waals surface area contributed by atoms with E-state index in [1.165, 1.54) is 18.6 Å². The topological polar surface area (TPSA) is 101 Å². The standard InChI is InChI=1S/C10H14N4O3S/c15-10(14-9-6-11-1-2-13-9)5-8-7-18(16,17)4-3-12-8/h1-2,6,8,12H,3-5,7H2,(H,13,14,15). The number of amides is 1. The Morgan fingerprint density at radius 3 is 3.00 bits per heavy atom. The minimum absolute atomic E-state index is 0.000881. The Labute approximate surface area is 105 Å². The molecule has 2 rings (SSSR count). The molecule has 0 spiro atoms. The highest BCUT2D eigenvalue weighted by Gasteiger charge is 2.25. The van der Waals surface area contributed by atoms with Crippen LogP contribution < -0.4 is 10.6 Å². The number of aromatic nitrogens is 2. The molecule has 0 saturated carbocycles. The first-order chi connectivity index (χ1) is 8.55. The van der Waals surface area contributed by atoms with Gasteiger partial charge < -0.3 is 10.6 Å². The number of anilines is 1. The zero-order chi connectivity index (χ0) is 13.0. The zero-order valence-corrected chi connectivity index (χ0v) is 10.5. The Morgan fingerprint density at radius 1 is 1.50 bits per heavy atom. The lowest BCUT2D eigenvalue weighted by atomic mass is 10.2. The lowest BCUT2D eigenvalue weighted by Gasteiger charge is -2.22. The average molecular weight is 270 g/mol. The Balaban J connectivity index is 1.88. The molecule has 1 aliphatic heterocycles. The molecule has 0 aromatic carbocycles. The fourth-order valence-electron chi connectivity index (χ4n) is 1.78. The average Bonchev–Trinajstić information content (AvgIpc) is 2.28. The lowest BCUT2D eigenvalue weighted by molar-refractivity contribution is -0.116. The fraction of sp³-hybridized carbons (Fsp3) is 0.500. The van der Waals surface area contributed by atoms with Gasteiger partial charge in [0.15, 0.2) is 15.7 Å². The molecule has 1 unspecified atom stereocenters. The quantitative estimate of drug-likeness (QED) is 0.745. The molecule has 18 heavy (non-hydrogen) atoms. The van der Waals surface area contributed by atoms with Crippen LogP contribution in [-0.4, -0.2) is 48.4 Å². The first-order valence-corrected chi connectivity index (χ1v) is 7.37. The SMILES string of the molecule is O=C(CC1CS(=O)(=O)CCN1)Nc1cnccn1. The highest BCUT2D eigenvalue weighted by atomic mass is 32.2. The molecule has 1 aromatic rings. The molecular formula is C10H14N4O3S. The van der Waals surface area contributed by atoms with Crippen molar-refractivity contribution in [3.05, 3.63) is 18.6 Å². The van der Waals surface area contributed by atoms with E-state index in [0.717, 1.165) is 0 Å². The van der Waals surface area contributed by atoms with Gasteiger partial charge in [0.1, 0.15) is 0 Å². The summed E-state index contributed by atoms with van der Waals surface area (Å²) in [5, 5.41) is 5.58. The van der Waals surface area contributed by atoms with Crippen LogP contribution in [0.15, 0.2) is 18.6 Å². The van der Waals surface area contributed by atoms with Gasteiger partial charge in [-0.3, -0.25) is 9.78 Å². The van der Waals surface area contributed by atoms with Crippen molar-refractivity contribution >= 4 is 21.6 Å². The van der Waals surface area contributed by atoms with Crippen molar-refractivity contribution in [3.63, 3.8) is 0 Å². The Hall–Kier alpha value is -1.54. The number of nitrogens with one attached hydrogen (secondary N) is 2. The van der Waals surface area contributed by atoms with Gasteiger partial charge in [0.2, 0.25) is 5.91 Å². The third-order valence-electron chi connectivity index (χ3n) is 2.56. The van der Waals surface area contributed by atoms with E-state index >= 15 is 0 Å². The third-order valence-corrected chi connectivity index (χ3v) is 4.30. The minimum Gasteiger partial charge on any atom is -0.311 e. The predicted molar refractivity (Wildman–Crippen MR) is 65.7 cm³/mol. The van der Waals surface area contributed by atoms with E-state index in [2.05, 4.69) is 20.6 Å². The number of hydrogen-bond donors (Lipinski definition) is 2. The third kappa shape index (κ3) is 3.74. The van der Waals surface area contributed by atoms with E-state index in [9.17, 15) is 13.2 Å². The second-order valence-electron chi connectivity index (χ2n) is 4.11. The van der Waals surface area contributed by atoms with Crippen LogP contribution in [-0.2, 0) is 14.6 Å². The smallest absolute Gasteiger partial charge is 0.227 e. The summed E-state index contributed by atoms with van der Waals surface area (Å²) in [6, 6.07) is -0.333. The van der Waals surface area contributed by atoms with Gasteiger partial charge in [0.25, 0.3) is 0 Å². The van der Waals surface area contributed by atoms with Crippen LogP contribution in [0.5, 0.6) is 0 Å². The summed E-state index contributed by atoms with van der Waals surface area (Å²) in [5.74, 6) is 0.224. The molecule has 1 aliphatic rings. The summed E-state index contributed by atoms with van der Waals surface area (Å²) in [5.41, 5.74) is 0. The summed E-state index contributed by atoms with van der Waals surface area (Å²) in [4.78, 5) is 19.4. The molecule has 1 saturated heterocycles. The number of rotatable bonds is 3. The van der Waals surface area contributed by atoms with Crippen LogP contribution in [0.1, 0.15) is 6.42 Å². The molecule has 1 aromatic heterocycles. The fourth-order valence-corrected chi connectivity index (χ4v) is 3.22. The van der Waals surface area contributed by atoms with Crippen molar-refractivity contribution in [2.24, 2.45) is 0 Å². The molecule has 1 amide bonds. The van der Waals surface area contributed by atoms with E-state index in [1.807, 2.05) is 0 Å². The number of carbonyl (C=O) groups excluding carboxylic acids is 1. The van der Waals surface area contributed by atoms with E-state index in [-0.39, 0.29) is 29.9 Å². The van der Waals surface area contributed by atoms with Gasteiger partial charge >= 0.3 is 0 Å². The molecule has 1 atom stereocenters. The van der Waals surface area contributed by atoms with E-state index < -0.39 is 9.84 Å². The van der Waals surface area contributed by atoms with Gasteiger partial charge in [-0.15, -0.1) is 0 Å². The number of carbonyl (C=O) groups is 1. The monoisotopic (exact) mass is 270 g/mol. The molecule has 0 radical (unpaired) electrons. The molecule has 2 N–H and O–H groups in total. The van der Waals surface area contributed by atoms with Crippen LogP contribution in [0.3, 0.4) is 0 Å². The second kappa shape index (κ2) is 5.40. The lowest BCUT2D eigenvalue weighted by Crippen LogP contribution is -2.46. The molecule has 1 fully saturated rings. The maximum absolute atomic E-state index is 11.7. The zero-order valence-electron chi connectivity index (χ0n) is 9.67. The normalized spacial score (nSPS) is 22.3. The first-order valence-electron chi connectivity index (χ1n) is 5.55. The highest BCUT2D eigenvalue weighted by Crippen LogP contribution is 2.06. The van der Waals surface area contributed by atoms with Crippen molar-refractivity contribution in [2.45, 2.75) is 12.5 Å². The Bertz CT molecular complexity index is 517. The Morgan fingerprint density at radius 2 is 2.33 bits per heavy atom. The van der Waals surface area contributed by atoms with Crippen LogP contribution in [0.2, 0.25) is 0 Å². The van der Waals surface area contributed by atoms with Crippen molar-refractivity contribution < 1.29 is 13.2 Å². The van der Waals surface area contributed by atoms with E-state index in [4.69, 9.17) is 0 Å². The van der Waals surface area contributed by atoms with Gasteiger partial charge in [-0.2, -0.15) is 0 Å². The van der Waals surface area contributed by atoms with Crippen molar-refractivity contribution in [2.75, 3.05) is 23.4 Å². The molecule has 98 valence electrons. The number of hydrogen-bond acceptors (Lipinski definition) is 6. The molecule has 2 heterocycles. The van der Waals surface area contributed by atoms with Gasteiger partial charge in [0.05, 0.1) is 17.7 Å². The van der Waals surface area contributed by atoms with Crippen LogP contribution >= 0.6 is 0 Å². The highest BCUT2D eigenvalue weighted by molar-refractivity contribution is 7.91. The van der Waals surface area contributed by atoms with Crippen molar-refractivity contribution in [1.29, 1.82) is 0 Å². The number of sulfone groups is 1. The minimum atomic E-state index is -3.02. The summed E-state index contributed by atoms with van der Waals surface area (Å²) < 4.78 is 22.8. The summed E-state index contributed by atoms with van der Waals surface area (Å²) in [6.45, 7) is 0.394. The van der Waals surface area contributed by atoms with E-state index in [1.54, 1.807) is 0 Å². The van der Waals surface area contributed by atoms with Crippen LogP contribution in [0, 0.1) is 0 Å². The van der Waals surface area contributed by atoms with E-state index in [0.29, 0.717) is 12.4 Å². The molecule has 8 heteroatoms. The van der Waals surface area contributed by atoms with Crippen LogP contribution in [0.4, 0.5) is 5.82 Å². The second-order valence-corrected chi connectivity index (χ2v) is 6.34. The van der Waals surface area contributed by atoms with Gasteiger partial charge in [-0.1, -0.05) is 0 Å². The van der Waals surface area contributed by atoms with Crippen LogP contribution in [0.25, 0.3) is 0 Å². The maximum Gasteiger partial charge on any atom is 0.227 e. The molecular weight excluding hydrogens is 256 g/mol. The summed E-state index contributed by atoms with van der Waals surface area (Å²) in [6.07, 6.45) is 4.52. The van der Waals surface area contributed by atoms with Crippen molar-refractivity contribution in [3.8, 4) is 0 Å². The number of nitrogens with zero attached hydrogens (tertiary/aromatic N) is 2. The first kappa shape index (κ1) is 12.9.